The molecule has 0 spiro atoms. The van der Waals surface area contributed by atoms with Gasteiger partial charge < -0.3 is 10.6 Å². The van der Waals surface area contributed by atoms with E-state index in [1.165, 1.54) is 0 Å². The Morgan fingerprint density at radius 2 is 2.27 bits per heavy atom. The van der Waals surface area contributed by atoms with Gasteiger partial charge in [-0.05, 0) is 12.8 Å². The lowest BCUT2D eigenvalue weighted by molar-refractivity contribution is 0.503. The smallest absolute Gasteiger partial charge is 0.121 e. The van der Waals surface area contributed by atoms with Crippen molar-refractivity contribution in [2.45, 2.75) is 39.2 Å². The highest BCUT2D eigenvalue weighted by Gasteiger charge is 2.29. The first-order valence-electron chi connectivity index (χ1n) is 5.70. The number of hydrogen-bond donors (Lipinski definition) is 2. The largest absolute Gasteiger partial charge is 0.321 e. The zero-order chi connectivity index (χ0) is 11.4. The van der Waals surface area contributed by atoms with Crippen LogP contribution in [0.3, 0.4) is 0 Å². The third-order valence-corrected chi connectivity index (χ3v) is 2.90. The lowest BCUT2D eigenvalue weighted by atomic mass is 9.94. The van der Waals surface area contributed by atoms with E-state index in [0.29, 0.717) is 5.84 Å². The number of aliphatic imine (C=N–C) groups is 1. The zero-order valence-corrected chi connectivity index (χ0v) is 9.95. The summed E-state index contributed by atoms with van der Waals surface area (Å²) in [4.78, 5) is 6.34. The van der Waals surface area contributed by atoms with Crippen molar-refractivity contribution in [1.29, 1.82) is 5.41 Å². The van der Waals surface area contributed by atoms with E-state index in [1.54, 1.807) is 0 Å². The lowest BCUT2D eigenvalue weighted by Crippen LogP contribution is -2.52. The van der Waals surface area contributed by atoms with E-state index >= 15 is 0 Å². The van der Waals surface area contributed by atoms with Crippen LogP contribution in [0.1, 0.15) is 33.1 Å². The molecule has 1 fully saturated rings. The summed E-state index contributed by atoms with van der Waals surface area (Å²) in [6, 6.07) is -0.00374. The number of rotatable bonds is 3. The van der Waals surface area contributed by atoms with Crippen molar-refractivity contribution in [3.8, 4) is 0 Å². The van der Waals surface area contributed by atoms with Crippen LogP contribution in [0.15, 0.2) is 4.99 Å². The molecule has 1 saturated heterocycles. The molecular formula is C11H22N4. The van der Waals surface area contributed by atoms with Crippen LogP contribution in [0.2, 0.25) is 0 Å². The predicted octanol–water partition coefficient (Wildman–Crippen LogP) is 1.46. The average Bonchev–Trinajstić information content (AvgIpc) is 2.20. The van der Waals surface area contributed by atoms with Crippen molar-refractivity contribution in [2.75, 3.05) is 13.6 Å². The number of nitrogens with one attached hydrogen (secondary N) is 1. The van der Waals surface area contributed by atoms with Crippen molar-refractivity contribution < 1.29 is 0 Å². The molecule has 0 radical (unpaired) electrons. The van der Waals surface area contributed by atoms with Gasteiger partial charge in [0.25, 0.3) is 0 Å². The maximum absolute atomic E-state index is 7.89. The molecule has 1 rings (SSSR count). The first kappa shape index (κ1) is 12.2. The Labute approximate surface area is 92.1 Å². The molecule has 15 heavy (non-hydrogen) atoms. The first-order chi connectivity index (χ1) is 7.07. The second-order valence-corrected chi connectivity index (χ2v) is 4.28. The number of nitrogens with zero attached hydrogens (tertiary/aromatic N) is 2. The molecule has 0 aromatic carbocycles. The molecule has 4 heteroatoms. The van der Waals surface area contributed by atoms with Crippen molar-refractivity contribution in [2.24, 2.45) is 16.6 Å². The fourth-order valence-electron chi connectivity index (χ4n) is 1.88. The van der Waals surface area contributed by atoms with Crippen LogP contribution in [0.4, 0.5) is 0 Å². The van der Waals surface area contributed by atoms with Gasteiger partial charge in [-0.25, -0.2) is 0 Å². The summed E-state index contributed by atoms with van der Waals surface area (Å²) in [7, 11) is 1.89. The summed E-state index contributed by atoms with van der Waals surface area (Å²) < 4.78 is 0. The van der Waals surface area contributed by atoms with Gasteiger partial charge in [0, 0.05) is 19.5 Å². The Morgan fingerprint density at radius 1 is 1.60 bits per heavy atom. The van der Waals surface area contributed by atoms with Gasteiger partial charge in [0.05, 0.1) is 6.04 Å². The minimum Gasteiger partial charge on any atom is -0.321 e. The Bertz CT molecular complexity index is 259. The number of likely N-dealkylation sites (tertiary alicyclic amines) is 1. The van der Waals surface area contributed by atoms with Gasteiger partial charge in [0.2, 0.25) is 0 Å². The van der Waals surface area contributed by atoms with E-state index in [1.807, 2.05) is 18.9 Å². The van der Waals surface area contributed by atoms with E-state index in [4.69, 9.17) is 11.1 Å². The molecule has 1 heterocycles. The SMILES string of the molecule is CCCCN=C1C(N)CC(C)C(=N)N1C. The van der Waals surface area contributed by atoms with Gasteiger partial charge >= 0.3 is 0 Å². The minimum absolute atomic E-state index is 0.00374. The van der Waals surface area contributed by atoms with Gasteiger partial charge in [0.1, 0.15) is 11.7 Å². The Morgan fingerprint density at radius 3 is 2.87 bits per heavy atom. The molecule has 3 N–H and O–H groups in total. The van der Waals surface area contributed by atoms with Gasteiger partial charge in [-0.1, -0.05) is 20.3 Å². The van der Waals surface area contributed by atoms with Crippen molar-refractivity contribution in [3.63, 3.8) is 0 Å². The van der Waals surface area contributed by atoms with Gasteiger partial charge in [-0.15, -0.1) is 0 Å². The standard InChI is InChI=1S/C11H22N4/c1-4-5-6-14-11-9(12)7-8(2)10(13)15(11)3/h8-9,13H,4-7,12H2,1-3H3. The Balaban J connectivity index is 2.69. The minimum atomic E-state index is -0.00374. The van der Waals surface area contributed by atoms with E-state index in [-0.39, 0.29) is 12.0 Å². The predicted molar refractivity (Wildman–Crippen MR) is 64.5 cm³/mol. The van der Waals surface area contributed by atoms with E-state index < -0.39 is 0 Å². The number of amidine groups is 2. The average molecular weight is 210 g/mol. The third-order valence-electron chi connectivity index (χ3n) is 2.90. The van der Waals surface area contributed by atoms with Crippen LogP contribution < -0.4 is 5.73 Å². The number of nitrogens with two attached hydrogens (primary N) is 1. The molecule has 1 aliphatic rings. The van der Waals surface area contributed by atoms with Gasteiger partial charge in [-0.3, -0.25) is 10.4 Å². The quantitative estimate of drug-likeness (QED) is 0.693. The van der Waals surface area contributed by atoms with E-state index in [0.717, 1.165) is 31.6 Å². The Kier molecular flexibility index (Phi) is 4.27. The fourth-order valence-corrected chi connectivity index (χ4v) is 1.88. The molecule has 0 aromatic heterocycles. The molecular weight excluding hydrogens is 188 g/mol. The number of hydrogen-bond acceptors (Lipinski definition) is 3. The maximum Gasteiger partial charge on any atom is 0.121 e. The number of piperidine rings is 1. The summed E-state index contributed by atoms with van der Waals surface area (Å²) >= 11 is 0. The summed E-state index contributed by atoms with van der Waals surface area (Å²) in [6.45, 7) is 5.02. The molecule has 86 valence electrons. The second kappa shape index (κ2) is 5.26. The maximum atomic E-state index is 7.89. The summed E-state index contributed by atoms with van der Waals surface area (Å²) in [5.74, 6) is 1.76. The van der Waals surface area contributed by atoms with Crippen molar-refractivity contribution in [1.82, 2.24) is 4.90 Å². The topological polar surface area (TPSA) is 65.5 Å². The number of likely N-dealkylation sites (N-methyl/N-ethyl adjacent to an activating group) is 1. The summed E-state index contributed by atoms with van der Waals surface area (Å²) in [6.07, 6.45) is 3.07. The molecule has 0 bridgehead atoms. The highest BCUT2D eigenvalue weighted by atomic mass is 15.2. The number of unbranched alkanes of at least 4 members (excludes halogenated alkanes) is 1. The van der Waals surface area contributed by atoms with Gasteiger partial charge in [0.15, 0.2) is 0 Å². The third kappa shape index (κ3) is 2.78. The molecule has 4 nitrogen and oxygen atoms in total. The molecule has 2 atom stereocenters. The van der Waals surface area contributed by atoms with Crippen LogP contribution in [0.25, 0.3) is 0 Å². The van der Waals surface area contributed by atoms with Crippen LogP contribution in [0.5, 0.6) is 0 Å². The van der Waals surface area contributed by atoms with Crippen LogP contribution in [-0.2, 0) is 0 Å². The van der Waals surface area contributed by atoms with Crippen molar-refractivity contribution >= 4 is 11.7 Å². The second-order valence-electron chi connectivity index (χ2n) is 4.28. The normalized spacial score (nSPS) is 30.0. The molecule has 0 amide bonds. The van der Waals surface area contributed by atoms with E-state index in [9.17, 15) is 0 Å². The van der Waals surface area contributed by atoms with E-state index in [2.05, 4.69) is 11.9 Å². The fraction of sp³-hybridized carbons (Fsp3) is 0.818. The van der Waals surface area contributed by atoms with Gasteiger partial charge in [-0.2, -0.15) is 0 Å². The Hall–Kier alpha value is -0.900. The van der Waals surface area contributed by atoms with Crippen LogP contribution in [0, 0.1) is 11.3 Å². The molecule has 0 aromatic rings. The molecule has 0 saturated carbocycles. The van der Waals surface area contributed by atoms with Crippen LogP contribution in [-0.4, -0.2) is 36.2 Å². The first-order valence-corrected chi connectivity index (χ1v) is 5.70. The van der Waals surface area contributed by atoms with Crippen molar-refractivity contribution in [3.05, 3.63) is 0 Å². The highest BCUT2D eigenvalue weighted by molar-refractivity contribution is 6.04. The lowest BCUT2D eigenvalue weighted by Gasteiger charge is -2.35. The molecule has 2 unspecified atom stereocenters. The zero-order valence-electron chi connectivity index (χ0n) is 9.95. The summed E-state index contributed by atoms with van der Waals surface area (Å²) in [5, 5.41) is 7.89. The summed E-state index contributed by atoms with van der Waals surface area (Å²) in [5.41, 5.74) is 6.04. The monoisotopic (exact) mass is 210 g/mol. The van der Waals surface area contributed by atoms with Crippen LogP contribution >= 0.6 is 0 Å². The molecule has 1 aliphatic heterocycles. The molecule has 0 aliphatic carbocycles. The highest BCUT2D eigenvalue weighted by Crippen LogP contribution is 2.17.